The van der Waals surface area contributed by atoms with Gasteiger partial charge in [-0.1, -0.05) is 24.3 Å². The molecule has 0 saturated carbocycles. The van der Waals surface area contributed by atoms with E-state index >= 15 is 0 Å². The Bertz CT molecular complexity index is 6640. The Labute approximate surface area is 835 Å². The molecule has 772 valence electrons. The van der Waals surface area contributed by atoms with E-state index in [1.165, 1.54) is 117 Å². The Balaban J connectivity index is 0.000000140. The van der Waals surface area contributed by atoms with Crippen molar-refractivity contribution in [1.82, 2.24) is 38.3 Å². The molecule has 35 nitrogen and oxygen atoms in total. The van der Waals surface area contributed by atoms with Gasteiger partial charge in [-0.25, -0.2) is 35.1 Å². The van der Waals surface area contributed by atoms with Crippen molar-refractivity contribution in [3.05, 3.63) is 347 Å². The summed E-state index contributed by atoms with van der Waals surface area (Å²) in [7, 11) is 1.55. The van der Waals surface area contributed by atoms with Gasteiger partial charge in [0.2, 0.25) is 21.7 Å². The minimum absolute atomic E-state index is 0.0559. The second-order valence-electron chi connectivity index (χ2n) is 35.8. The molecule has 0 spiro atoms. The fourth-order valence-electron chi connectivity index (χ4n) is 18.1. The van der Waals surface area contributed by atoms with Crippen LogP contribution in [0.1, 0.15) is 199 Å². The van der Waals surface area contributed by atoms with Gasteiger partial charge in [-0.2, -0.15) is 11.3 Å². The Hall–Kier alpha value is -15.5. The average Bonchev–Trinajstić information content (AvgIpc) is 1.19. The first-order valence-electron chi connectivity index (χ1n) is 47.2. The first-order valence-corrected chi connectivity index (χ1v) is 48.1. The number of ketones is 4. The van der Waals surface area contributed by atoms with E-state index < -0.39 is 138 Å². The molecule has 4 amide bonds. The molecule has 4 N–H and O–H groups in total. The zero-order chi connectivity index (χ0) is 104. The molecule has 3 atom stereocenters. The van der Waals surface area contributed by atoms with Gasteiger partial charge >= 0.3 is 0 Å². The third kappa shape index (κ3) is 24.2. The summed E-state index contributed by atoms with van der Waals surface area (Å²) in [5.74, 6) is -12.5. The van der Waals surface area contributed by atoms with Crippen LogP contribution in [0.5, 0.6) is 23.0 Å². The van der Waals surface area contributed by atoms with Crippen LogP contribution in [0.3, 0.4) is 0 Å². The van der Waals surface area contributed by atoms with Crippen molar-refractivity contribution >= 4 is 58.1 Å². The number of benzene rings is 4. The van der Waals surface area contributed by atoms with Crippen molar-refractivity contribution in [2.24, 2.45) is 0 Å². The van der Waals surface area contributed by atoms with Gasteiger partial charge in [0.25, 0.3) is 23.6 Å². The van der Waals surface area contributed by atoms with Crippen molar-refractivity contribution in [2.45, 2.75) is 141 Å². The number of aromatic nitrogens is 4. The van der Waals surface area contributed by atoms with Crippen LogP contribution in [-0.4, -0.2) is 210 Å². The zero-order valence-electron chi connectivity index (χ0n) is 79.2. The Morgan fingerprint density at radius 3 is 0.918 bits per heavy atom. The molecule has 0 radical (unpaired) electrons. The molecule has 7 aliphatic rings. The van der Waals surface area contributed by atoms with Gasteiger partial charge in [-0.15, -0.1) is 0 Å². The van der Waals surface area contributed by atoms with E-state index in [1.54, 1.807) is 63.5 Å². The summed E-state index contributed by atoms with van der Waals surface area (Å²) in [6.45, 7) is 4.85. The fourth-order valence-corrected chi connectivity index (χ4v) is 18.8. The van der Waals surface area contributed by atoms with E-state index in [2.05, 4.69) is 0 Å². The van der Waals surface area contributed by atoms with Crippen LogP contribution in [-0.2, 0) is 70.8 Å². The number of hydrogen-bond acceptors (Lipinski definition) is 28. The number of furan rings is 3. The summed E-state index contributed by atoms with van der Waals surface area (Å²) in [5, 5.41) is 53.8. The van der Waals surface area contributed by atoms with Crippen LogP contribution < -0.4 is 41.8 Å². The molecular formula is C103H100F8N12O23S. The van der Waals surface area contributed by atoms with Gasteiger partial charge in [-0.05, 0) is 176 Å². The van der Waals surface area contributed by atoms with Crippen molar-refractivity contribution in [3.8, 4) is 23.0 Å². The zero-order valence-corrected chi connectivity index (χ0v) is 80.0. The lowest BCUT2D eigenvalue weighted by atomic mass is 10.0. The number of rotatable bonds is 34. The smallest absolute Gasteiger partial charge is 0.277 e. The minimum Gasteiger partial charge on any atom is -0.502 e. The molecule has 0 unspecified atom stereocenters. The van der Waals surface area contributed by atoms with Crippen LogP contribution in [0.4, 0.5) is 35.1 Å². The predicted molar refractivity (Wildman–Crippen MR) is 511 cm³/mol. The molecule has 15 heterocycles. The quantitative estimate of drug-likeness (QED) is 0.0165. The number of fused-ring (bicyclic) bond motifs is 4. The van der Waals surface area contributed by atoms with Gasteiger partial charge in [0, 0.05) is 134 Å². The van der Waals surface area contributed by atoms with Crippen molar-refractivity contribution in [3.63, 3.8) is 0 Å². The van der Waals surface area contributed by atoms with Gasteiger partial charge in [0.15, 0.2) is 68.9 Å². The van der Waals surface area contributed by atoms with Gasteiger partial charge in [0.05, 0.1) is 85.5 Å². The standard InChI is InChI=1S/2C26H25F2N3O6.C26H25F2N3O5S.C25H25F2N3O6/c2*27-17-7-5-16(21(28)11-17)6-8-22(32)20-14-31-23(25(34)24(20)33)26(35)29(12-18-3-1-9-36-18)15-30(31)13-19-4-2-10-37-19;27-18-5-3-17(21(28)10-18)4-6-22(32)20-13-31-23(25(34)24(20)33)26(35)29(12-19-2-1-8-36-19)15-30(31)11-16-7-9-37-14-16;1-35-10-3-9-28-15-29(13-18-4-2-11-36-18)30-14-19(23(32)24(33)22(30)25(28)34)21(31)8-6-16-5-7-17(26)12-20(16)27/h2*2,4-5,7,10-11,14,18,34H,1,3,6,8-9,12-13,15H2;3,5,7,9-10,13-14,19,34H,1-2,4,6,8,11-12,15H2;2,4-5,7,11-12,14,33H,3,6,8-10,13,15H2,1H3/t2*18-;19-;/m100./s1. The third-order valence-electron chi connectivity index (χ3n) is 25.7. The van der Waals surface area contributed by atoms with E-state index in [0.29, 0.717) is 69.8 Å². The highest BCUT2D eigenvalue weighted by atomic mass is 32.1. The van der Waals surface area contributed by atoms with E-state index in [4.69, 9.17) is 32.2 Å². The Kier molecular flexibility index (Phi) is 33.1. The summed E-state index contributed by atoms with van der Waals surface area (Å²) in [5.41, 5.74) is -4.80. The van der Waals surface area contributed by atoms with Crippen molar-refractivity contribution < 1.29 is 126 Å². The van der Waals surface area contributed by atoms with E-state index in [-0.39, 0.29) is 196 Å². The summed E-state index contributed by atoms with van der Waals surface area (Å²) in [6, 6.07) is 24.5. The fraction of sp³-hybridized carbons (Fsp3) is 0.340. The molecule has 19 rings (SSSR count). The molecule has 147 heavy (non-hydrogen) atoms. The summed E-state index contributed by atoms with van der Waals surface area (Å²) >= 11 is 1.51. The number of carbonyl (C=O) groups is 8. The molecule has 3 saturated heterocycles. The van der Waals surface area contributed by atoms with Crippen LogP contribution >= 0.6 is 11.3 Å². The van der Waals surface area contributed by atoms with Gasteiger partial charge in [-0.3, -0.25) is 96.3 Å². The number of carbonyl (C=O) groups excluding carboxylic acids is 8. The largest absolute Gasteiger partial charge is 0.502 e. The van der Waals surface area contributed by atoms with Crippen LogP contribution in [0.2, 0.25) is 0 Å². The number of aromatic hydroxyl groups is 4. The van der Waals surface area contributed by atoms with Crippen LogP contribution in [0, 0.1) is 46.5 Å². The van der Waals surface area contributed by atoms with Crippen molar-refractivity contribution in [2.75, 3.05) is 106 Å². The lowest BCUT2D eigenvalue weighted by Crippen LogP contribution is -2.55. The molecule has 12 aromatic rings. The first kappa shape index (κ1) is 104. The van der Waals surface area contributed by atoms with Crippen molar-refractivity contribution in [1.29, 1.82) is 0 Å². The number of ether oxygens (including phenoxy) is 4. The number of aryl methyl sites for hydroxylation is 4. The molecule has 0 aliphatic carbocycles. The summed E-state index contributed by atoms with van der Waals surface area (Å²) in [4.78, 5) is 163. The molecule has 0 bridgehead atoms. The second-order valence-corrected chi connectivity index (χ2v) is 36.6. The number of nitrogens with zero attached hydrogens (tertiary/aromatic N) is 12. The molecular weight excluding hydrogens is 1960 g/mol. The topological polar surface area (TPSA) is 408 Å². The predicted octanol–water partition coefficient (Wildman–Crippen LogP) is 12.2. The normalized spacial score (nSPS) is 16.3. The van der Waals surface area contributed by atoms with Gasteiger partial charge in [0.1, 0.15) is 90.5 Å². The monoisotopic (exact) mass is 2060 g/mol. The molecule has 7 aliphatic heterocycles. The summed E-state index contributed by atoms with van der Waals surface area (Å²) in [6.07, 6.45) is 13.4. The third-order valence-corrected chi connectivity index (χ3v) is 26.5. The molecule has 4 aromatic carbocycles. The highest BCUT2D eigenvalue weighted by Gasteiger charge is 2.42. The maximum atomic E-state index is 14.0. The van der Waals surface area contributed by atoms with E-state index in [9.17, 15) is 113 Å². The number of pyridine rings is 4. The van der Waals surface area contributed by atoms with Crippen LogP contribution in [0.25, 0.3) is 0 Å². The second kappa shape index (κ2) is 46.7. The van der Waals surface area contributed by atoms with Crippen LogP contribution in [0.15, 0.2) is 202 Å². The lowest BCUT2D eigenvalue weighted by molar-refractivity contribution is 0.0451. The number of Topliss-reactive ketones (excluding diaryl/α,β-unsaturated/α-hetero) is 4. The molecule has 8 aromatic heterocycles. The van der Waals surface area contributed by atoms with E-state index in [1.807, 2.05) is 16.8 Å². The maximum Gasteiger partial charge on any atom is 0.277 e. The SMILES string of the molecule is COCCCN1CN(Cc2ccco2)n2cc(C(=O)CCc3ccc(F)cc3F)c(=O)c(O)c2C1=O.O=C(CCc1ccc(F)cc1F)c1cn2c(c(O)c1=O)C(=O)N(C[C@@H]1CCCO1)CN2Cc1ccco1.O=C(CCc1ccc(F)cc1F)c1cn2c(c(O)c1=O)C(=O)N(C[C@@H]1CCCO1)CN2Cc1ccsc1.O=C(CCc1ccc(F)cc1F)c1cn2c(c(O)c1=O)C(=O)N(C[C@H]1CCCO1)CN2Cc1ccco1. The summed E-state index contributed by atoms with van der Waals surface area (Å²) < 4.78 is 152. The Morgan fingerprint density at radius 2 is 0.667 bits per heavy atom. The van der Waals surface area contributed by atoms with E-state index in [0.717, 1.165) is 92.6 Å². The number of hydrogen-bond donors (Lipinski definition) is 4. The maximum absolute atomic E-state index is 14.0. The molecule has 44 heteroatoms. The number of halogens is 8. The number of methoxy groups -OCH3 is 1. The Morgan fingerprint density at radius 1 is 0.381 bits per heavy atom. The first-order chi connectivity index (χ1) is 70.7. The molecule has 3 fully saturated rings. The highest BCUT2D eigenvalue weighted by molar-refractivity contribution is 7.08. The van der Waals surface area contributed by atoms with Gasteiger partial charge < -0.3 is 72.2 Å². The number of amides is 4. The number of thiophene rings is 1. The lowest BCUT2D eigenvalue weighted by Gasteiger charge is -2.40. The highest BCUT2D eigenvalue weighted by Crippen LogP contribution is 2.33. The average molecular weight is 2060 g/mol. The minimum atomic E-state index is -0.990.